The molecule has 15 heteroatoms. The molecule has 8 nitrogen and oxygen atoms in total. The zero-order chi connectivity index (χ0) is 24.9. The molecule has 0 unspecified atom stereocenters. The number of nitrogens with zero attached hydrogens (tertiary/aromatic N) is 3. The largest absolute Gasteiger partial charge is 0.490 e. The van der Waals surface area contributed by atoms with E-state index in [1.807, 2.05) is 4.57 Å². The Labute approximate surface area is 182 Å². The Hall–Kier alpha value is -3.62. The fourth-order valence-electron chi connectivity index (χ4n) is 2.18. The lowest BCUT2D eigenvalue weighted by atomic mass is 10.2. The van der Waals surface area contributed by atoms with Crippen molar-refractivity contribution in [3.05, 3.63) is 72.4 Å². The third-order valence-electron chi connectivity index (χ3n) is 3.71. The van der Waals surface area contributed by atoms with E-state index in [-0.39, 0.29) is 5.69 Å². The van der Waals surface area contributed by atoms with E-state index in [4.69, 9.17) is 9.90 Å². The van der Waals surface area contributed by atoms with Gasteiger partial charge in [-0.15, -0.1) is 0 Å². The fourth-order valence-corrected chi connectivity index (χ4v) is 3.17. The van der Waals surface area contributed by atoms with Crippen LogP contribution in [0.5, 0.6) is 0 Å². The van der Waals surface area contributed by atoms with Gasteiger partial charge in [0.2, 0.25) is 0 Å². The van der Waals surface area contributed by atoms with Crippen molar-refractivity contribution in [1.82, 2.24) is 14.5 Å². The molecule has 33 heavy (non-hydrogen) atoms. The standard InChI is InChI=1S/C16H13F3N4O2S.C2HF3O2/c17-16(18,19)13-3-6-15(21-9-13)26(24,25)22-14-4-1-12(2-5-14)10-23-8-7-20-11-23;3-2(4,5)1(6)7/h1-9,11,22H,10H2;(H,6,7). The maximum atomic E-state index is 12.5. The van der Waals surface area contributed by atoms with E-state index < -0.39 is 38.9 Å². The van der Waals surface area contributed by atoms with Crippen LogP contribution in [0.3, 0.4) is 0 Å². The lowest BCUT2D eigenvalue weighted by Gasteiger charge is -2.10. The number of halogens is 6. The highest BCUT2D eigenvalue weighted by molar-refractivity contribution is 7.92. The Morgan fingerprint density at radius 3 is 2.06 bits per heavy atom. The van der Waals surface area contributed by atoms with Crippen molar-refractivity contribution in [2.75, 3.05) is 4.72 Å². The second kappa shape index (κ2) is 9.89. The van der Waals surface area contributed by atoms with Crippen LogP contribution in [0.4, 0.5) is 32.0 Å². The number of pyridine rings is 1. The summed E-state index contributed by atoms with van der Waals surface area (Å²) in [5.74, 6) is -2.76. The maximum absolute atomic E-state index is 12.5. The van der Waals surface area contributed by atoms with Crippen LogP contribution in [0.25, 0.3) is 0 Å². The molecule has 0 aliphatic carbocycles. The van der Waals surface area contributed by atoms with Crippen molar-refractivity contribution in [2.45, 2.75) is 23.9 Å². The minimum atomic E-state index is -5.08. The van der Waals surface area contributed by atoms with Crippen molar-refractivity contribution in [3.8, 4) is 0 Å². The van der Waals surface area contributed by atoms with Crippen molar-refractivity contribution in [2.24, 2.45) is 0 Å². The van der Waals surface area contributed by atoms with Crippen molar-refractivity contribution in [1.29, 1.82) is 0 Å². The predicted molar refractivity (Wildman–Crippen MR) is 102 cm³/mol. The van der Waals surface area contributed by atoms with Gasteiger partial charge in [-0.1, -0.05) is 12.1 Å². The van der Waals surface area contributed by atoms with Crippen molar-refractivity contribution in [3.63, 3.8) is 0 Å². The number of nitrogens with one attached hydrogen (secondary N) is 1. The summed E-state index contributed by atoms with van der Waals surface area (Å²) >= 11 is 0. The SMILES string of the molecule is O=C(O)C(F)(F)F.O=S(=O)(Nc1ccc(Cn2ccnc2)cc1)c1ccc(C(F)(F)F)cn1. The van der Waals surface area contributed by atoms with Gasteiger partial charge >= 0.3 is 18.3 Å². The Balaban J connectivity index is 0.000000479. The van der Waals surface area contributed by atoms with Gasteiger partial charge in [-0.2, -0.15) is 34.8 Å². The first-order chi connectivity index (χ1) is 15.2. The number of carbonyl (C=O) groups is 1. The number of anilines is 1. The van der Waals surface area contributed by atoms with E-state index in [1.54, 1.807) is 43.0 Å². The molecule has 3 rings (SSSR count). The average molecular weight is 496 g/mol. The number of carboxylic acid groups (broad SMARTS) is 1. The van der Waals surface area contributed by atoms with E-state index >= 15 is 0 Å². The summed E-state index contributed by atoms with van der Waals surface area (Å²) in [6, 6.07) is 8.09. The smallest absolute Gasteiger partial charge is 0.475 e. The monoisotopic (exact) mass is 496 g/mol. The first-order valence-electron chi connectivity index (χ1n) is 8.59. The van der Waals surface area contributed by atoms with Gasteiger partial charge < -0.3 is 9.67 Å². The highest BCUT2D eigenvalue weighted by Crippen LogP contribution is 2.29. The molecule has 1 aromatic carbocycles. The van der Waals surface area contributed by atoms with Crippen LogP contribution in [0.1, 0.15) is 11.1 Å². The van der Waals surface area contributed by atoms with E-state index in [1.165, 1.54) is 0 Å². The van der Waals surface area contributed by atoms with Crippen LogP contribution in [-0.4, -0.2) is 40.2 Å². The van der Waals surface area contributed by atoms with Crippen molar-refractivity contribution >= 4 is 21.7 Å². The van der Waals surface area contributed by atoms with Crippen LogP contribution in [0, 0.1) is 0 Å². The Bertz CT molecular complexity index is 1160. The number of alkyl halides is 6. The number of hydrogen-bond acceptors (Lipinski definition) is 5. The van der Waals surface area contributed by atoms with Gasteiger partial charge in [0.05, 0.1) is 11.9 Å². The number of rotatable bonds is 5. The number of aliphatic carboxylic acids is 1. The third kappa shape index (κ3) is 7.78. The van der Waals surface area contributed by atoms with Gasteiger partial charge in [0, 0.05) is 30.8 Å². The van der Waals surface area contributed by atoms with E-state index in [0.717, 1.165) is 11.6 Å². The molecule has 0 spiro atoms. The highest BCUT2D eigenvalue weighted by Gasteiger charge is 2.38. The van der Waals surface area contributed by atoms with Crippen LogP contribution in [0.15, 0.2) is 66.3 Å². The molecule has 0 amide bonds. The number of aromatic nitrogens is 3. The summed E-state index contributed by atoms with van der Waals surface area (Å²) in [5.41, 5.74) is 0.194. The molecule has 0 saturated carbocycles. The minimum Gasteiger partial charge on any atom is -0.475 e. The van der Waals surface area contributed by atoms with E-state index in [2.05, 4.69) is 14.7 Å². The molecule has 0 aliphatic heterocycles. The predicted octanol–water partition coefficient (Wildman–Crippen LogP) is 3.78. The van der Waals surface area contributed by atoms with Crippen LogP contribution < -0.4 is 4.72 Å². The molecule has 2 heterocycles. The van der Waals surface area contributed by atoms with Gasteiger partial charge in [0.25, 0.3) is 10.0 Å². The van der Waals surface area contributed by atoms with E-state index in [9.17, 15) is 34.8 Å². The maximum Gasteiger partial charge on any atom is 0.490 e. The van der Waals surface area contributed by atoms with Crippen LogP contribution in [0.2, 0.25) is 0 Å². The molecule has 2 aromatic heterocycles. The second-order valence-electron chi connectivity index (χ2n) is 6.22. The number of benzene rings is 1. The van der Waals surface area contributed by atoms with Crippen molar-refractivity contribution < 1.29 is 44.7 Å². The quantitative estimate of drug-likeness (QED) is 0.520. The Morgan fingerprint density at radius 1 is 1.03 bits per heavy atom. The van der Waals surface area contributed by atoms with Gasteiger partial charge in [-0.25, -0.2) is 14.8 Å². The molecule has 0 radical (unpaired) electrons. The summed E-state index contributed by atoms with van der Waals surface area (Å²) in [6.45, 7) is 0.577. The normalized spacial score (nSPS) is 11.9. The molecular formula is C18H14F6N4O4S. The summed E-state index contributed by atoms with van der Waals surface area (Å²) in [7, 11) is -4.08. The first kappa shape index (κ1) is 25.6. The summed E-state index contributed by atoms with van der Waals surface area (Å²) in [6.07, 6.45) is -4.06. The fraction of sp³-hybridized carbons (Fsp3) is 0.167. The molecule has 3 aromatic rings. The number of sulfonamides is 1. The van der Waals surface area contributed by atoms with E-state index in [0.29, 0.717) is 18.8 Å². The summed E-state index contributed by atoms with van der Waals surface area (Å²) in [5, 5.41) is 6.63. The van der Waals surface area contributed by atoms with Crippen LogP contribution in [-0.2, 0) is 27.5 Å². The Morgan fingerprint density at radius 2 is 1.64 bits per heavy atom. The van der Waals surface area contributed by atoms with Gasteiger partial charge in [0.1, 0.15) is 0 Å². The zero-order valence-electron chi connectivity index (χ0n) is 16.2. The minimum absolute atomic E-state index is 0.279. The average Bonchev–Trinajstić information content (AvgIpc) is 3.21. The molecule has 2 N–H and O–H groups in total. The molecular weight excluding hydrogens is 482 g/mol. The van der Waals surface area contributed by atoms with Gasteiger partial charge in [-0.3, -0.25) is 4.72 Å². The van der Waals surface area contributed by atoms with Crippen LogP contribution >= 0.6 is 0 Å². The third-order valence-corrected chi connectivity index (χ3v) is 5.01. The molecule has 0 aliphatic rings. The molecule has 0 saturated heterocycles. The topological polar surface area (TPSA) is 114 Å². The molecule has 0 fully saturated rings. The number of imidazole rings is 1. The summed E-state index contributed by atoms with van der Waals surface area (Å²) in [4.78, 5) is 16.2. The summed E-state index contributed by atoms with van der Waals surface area (Å²) < 4.78 is 97.9. The lowest BCUT2D eigenvalue weighted by Crippen LogP contribution is -2.21. The molecule has 0 bridgehead atoms. The number of hydrogen-bond donors (Lipinski definition) is 2. The highest BCUT2D eigenvalue weighted by atomic mass is 32.2. The first-order valence-corrected chi connectivity index (χ1v) is 10.1. The second-order valence-corrected chi connectivity index (χ2v) is 7.85. The zero-order valence-corrected chi connectivity index (χ0v) is 17.0. The Kier molecular flexibility index (Phi) is 7.68. The number of carboxylic acids is 1. The molecule has 0 atom stereocenters. The molecule has 178 valence electrons. The van der Waals surface area contributed by atoms with Gasteiger partial charge in [0.15, 0.2) is 5.03 Å². The van der Waals surface area contributed by atoms with Gasteiger partial charge in [-0.05, 0) is 29.8 Å². The lowest BCUT2D eigenvalue weighted by molar-refractivity contribution is -0.192.